The van der Waals surface area contributed by atoms with E-state index >= 15 is 0 Å². The van der Waals surface area contributed by atoms with Crippen molar-refractivity contribution in [1.29, 1.82) is 0 Å². The summed E-state index contributed by atoms with van der Waals surface area (Å²) in [6.45, 7) is 3.16. The number of carbonyl (C=O) groups is 1. The van der Waals surface area contributed by atoms with Gasteiger partial charge in [-0.05, 0) is 25.1 Å². The van der Waals surface area contributed by atoms with Crippen molar-refractivity contribution in [3.63, 3.8) is 0 Å². The number of aliphatic hydroxyl groups excluding tert-OH is 1. The van der Waals surface area contributed by atoms with Gasteiger partial charge in [-0.1, -0.05) is 13.0 Å². The number of rotatable bonds is 4. The summed E-state index contributed by atoms with van der Waals surface area (Å²) in [5.74, 6) is -2.03. The summed E-state index contributed by atoms with van der Waals surface area (Å²) in [5, 5.41) is 18.7. The first kappa shape index (κ1) is 25.2. The Bertz CT molecular complexity index is 1100. The van der Waals surface area contributed by atoms with Crippen LogP contribution in [0.1, 0.15) is 13.8 Å². The number of nitrogen functional groups attached to an aromatic ring is 1. The summed E-state index contributed by atoms with van der Waals surface area (Å²) in [4.78, 5) is 13.3. The van der Waals surface area contributed by atoms with Crippen LogP contribution in [0.5, 0.6) is 0 Å². The summed E-state index contributed by atoms with van der Waals surface area (Å²) in [6.07, 6.45) is 0. The number of carbonyl (C=O) groups excluding carboxylic acids is 1. The van der Waals surface area contributed by atoms with E-state index in [4.69, 9.17) is 27.8 Å². The van der Waals surface area contributed by atoms with Gasteiger partial charge in [-0.3, -0.25) is 23.4 Å². The van der Waals surface area contributed by atoms with Crippen LogP contribution in [-0.2, 0) is 25.3 Å². The number of allylic oxidation sites excluding steroid dienone is 1. The van der Waals surface area contributed by atoms with Gasteiger partial charge in [0, 0.05) is 23.7 Å². The molecule has 2 rings (SSSR count). The second kappa shape index (κ2) is 9.77. The fourth-order valence-corrected chi connectivity index (χ4v) is 2.98. The van der Waals surface area contributed by atoms with E-state index in [1.54, 1.807) is 31.2 Å². The monoisotopic (exact) mass is 464 g/mol. The van der Waals surface area contributed by atoms with E-state index in [1.807, 2.05) is 0 Å². The molecule has 1 aliphatic rings. The minimum atomic E-state index is -4.67. The summed E-state index contributed by atoms with van der Waals surface area (Å²) >= 11 is 0. The Kier molecular flexibility index (Phi) is 8.20. The van der Waals surface area contributed by atoms with E-state index in [0.29, 0.717) is 16.8 Å². The van der Waals surface area contributed by atoms with Crippen LogP contribution in [0, 0.1) is 5.92 Å². The number of aliphatic hydroxyl groups is 1. The first-order chi connectivity index (χ1) is 13.6. The first-order valence-corrected chi connectivity index (χ1v) is 10.9. The molecule has 1 unspecified atom stereocenters. The van der Waals surface area contributed by atoms with E-state index in [0.717, 1.165) is 4.90 Å². The van der Waals surface area contributed by atoms with Crippen molar-refractivity contribution < 1.29 is 40.4 Å². The maximum Gasteiger partial charge on any atom is 0.394 e. The molecule has 0 aliphatic carbocycles. The Labute approximate surface area is 172 Å². The fourth-order valence-electron chi connectivity index (χ4n) is 2.35. The van der Waals surface area contributed by atoms with Gasteiger partial charge < -0.3 is 10.8 Å². The second-order valence-corrected chi connectivity index (χ2v) is 7.97. The number of benzene rings is 1. The molecule has 0 saturated heterocycles. The van der Waals surface area contributed by atoms with Gasteiger partial charge in [0.1, 0.15) is 5.70 Å². The van der Waals surface area contributed by atoms with Gasteiger partial charge in [0.15, 0.2) is 0 Å². The normalized spacial score (nSPS) is 19.2. The van der Waals surface area contributed by atoms with Crippen LogP contribution >= 0.6 is 0 Å². The van der Waals surface area contributed by atoms with E-state index < -0.39 is 38.2 Å². The zero-order chi connectivity index (χ0) is 23.3. The minimum absolute atomic E-state index is 0.00113. The number of hydrogen-bond donors (Lipinski definition) is 5. The number of amides is 1. The molecular weight excluding hydrogens is 444 g/mol. The summed E-state index contributed by atoms with van der Waals surface area (Å²) in [6, 6.07) is 6.55. The SMILES string of the molecule is CCN1C(=O)C(=CS(=O)(=O)O)C(C)C(N=Nc2cccc(N)c2)=C1O.O=S(=O)(O)O. The van der Waals surface area contributed by atoms with Crippen molar-refractivity contribution in [3.05, 3.63) is 46.8 Å². The highest BCUT2D eigenvalue weighted by molar-refractivity contribution is 7.88. The molecule has 1 aromatic carbocycles. The lowest BCUT2D eigenvalue weighted by atomic mass is 9.94. The number of azo groups is 1. The number of likely N-dealkylation sites (N-methyl/N-ethyl adjacent to an activating group) is 1. The van der Waals surface area contributed by atoms with Gasteiger partial charge in [-0.2, -0.15) is 21.9 Å². The van der Waals surface area contributed by atoms with E-state index in [9.17, 15) is 18.3 Å². The predicted octanol–water partition coefficient (Wildman–Crippen LogP) is 1.70. The lowest BCUT2D eigenvalue weighted by molar-refractivity contribution is -0.128. The number of nitrogens with two attached hydrogens (primary N) is 1. The third kappa shape index (κ3) is 7.88. The van der Waals surface area contributed by atoms with Gasteiger partial charge >= 0.3 is 10.4 Å². The smallest absolute Gasteiger partial charge is 0.394 e. The molecule has 0 radical (unpaired) electrons. The quantitative estimate of drug-likeness (QED) is 0.188. The third-order valence-electron chi connectivity index (χ3n) is 3.59. The third-order valence-corrected chi connectivity index (χ3v) is 4.14. The van der Waals surface area contributed by atoms with E-state index in [1.165, 1.54) is 6.92 Å². The maximum absolute atomic E-state index is 12.3. The topological polar surface area (TPSA) is 220 Å². The van der Waals surface area contributed by atoms with E-state index in [2.05, 4.69) is 10.2 Å². The van der Waals surface area contributed by atoms with Crippen molar-refractivity contribution in [1.82, 2.24) is 4.90 Å². The van der Waals surface area contributed by atoms with Crippen molar-refractivity contribution in [2.45, 2.75) is 13.8 Å². The molecule has 0 bridgehead atoms. The highest BCUT2D eigenvalue weighted by Gasteiger charge is 2.36. The molecule has 166 valence electrons. The Morgan fingerprint density at radius 2 is 1.73 bits per heavy atom. The lowest BCUT2D eigenvalue weighted by Gasteiger charge is -2.30. The maximum atomic E-state index is 12.3. The van der Waals surface area contributed by atoms with E-state index in [-0.39, 0.29) is 17.8 Å². The highest BCUT2D eigenvalue weighted by atomic mass is 32.3. The van der Waals surface area contributed by atoms with Crippen molar-refractivity contribution in [3.8, 4) is 0 Å². The molecule has 0 fully saturated rings. The predicted molar refractivity (Wildman–Crippen MR) is 105 cm³/mol. The molecule has 1 amide bonds. The molecule has 1 aliphatic heterocycles. The molecule has 1 atom stereocenters. The summed E-state index contributed by atoms with van der Waals surface area (Å²) < 4.78 is 62.9. The van der Waals surface area contributed by atoms with Gasteiger partial charge in [0.2, 0.25) is 5.88 Å². The van der Waals surface area contributed by atoms with Gasteiger partial charge in [-0.15, -0.1) is 5.11 Å². The zero-order valence-corrected chi connectivity index (χ0v) is 17.4. The second-order valence-electron chi connectivity index (χ2n) is 5.81. The van der Waals surface area contributed by atoms with Gasteiger partial charge in [0.25, 0.3) is 16.0 Å². The average Bonchev–Trinajstić information content (AvgIpc) is 2.57. The molecule has 15 heteroatoms. The molecule has 1 aromatic rings. The molecule has 0 aromatic heterocycles. The van der Waals surface area contributed by atoms with Crippen LogP contribution in [0.2, 0.25) is 0 Å². The highest BCUT2D eigenvalue weighted by Crippen LogP contribution is 2.33. The molecule has 13 nitrogen and oxygen atoms in total. The van der Waals surface area contributed by atoms with Crippen molar-refractivity contribution in [2.24, 2.45) is 16.1 Å². The summed E-state index contributed by atoms with van der Waals surface area (Å²) in [5.41, 5.74) is 6.34. The molecule has 30 heavy (non-hydrogen) atoms. The Morgan fingerprint density at radius 3 is 2.20 bits per heavy atom. The number of hydrogen-bond acceptors (Lipinski definition) is 9. The van der Waals surface area contributed by atoms with Crippen molar-refractivity contribution in [2.75, 3.05) is 12.3 Å². The zero-order valence-electron chi connectivity index (χ0n) is 15.7. The Balaban J connectivity index is 0.000000804. The minimum Gasteiger partial charge on any atom is -0.493 e. The van der Waals surface area contributed by atoms with Crippen LogP contribution in [0.15, 0.2) is 57.1 Å². The Hall–Kier alpha value is -2.85. The van der Waals surface area contributed by atoms with Crippen molar-refractivity contribution >= 4 is 37.8 Å². The summed E-state index contributed by atoms with van der Waals surface area (Å²) in [7, 11) is -9.20. The van der Waals surface area contributed by atoms with Crippen LogP contribution in [0.25, 0.3) is 0 Å². The molecule has 6 N–H and O–H groups in total. The van der Waals surface area contributed by atoms with Crippen LogP contribution in [0.3, 0.4) is 0 Å². The van der Waals surface area contributed by atoms with Crippen LogP contribution < -0.4 is 5.73 Å². The molecule has 0 saturated carbocycles. The number of nitrogens with zero attached hydrogens (tertiary/aromatic N) is 3. The molecular formula is C15H20N4O9S2. The largest absolute Gasteiger partial charge is 0.493 e. The van der Waals surface area contributed by atoms with Crippen LogP contribution in [-0.4, -0.2) is 53.0 Å². The average molecular weight is 464 g/mol. The van der Waals surface area contributed by atoms with Gasteiger partial charge in [0.05, 0.1) is 11.1 Å². The Morgan fingerprint density at radius 1 is 1.17 bits per heavy atom. The van der Waals surface area contributed by atoms with Crippen LogP contribution in [0.4, 0.5) is 11.4 Å². The fraction of sp³-hybridized carbons (Fsp3) is 0.267. The first-order valence-electron chi connectivity index (χ1n) is 8.05. The number of anilines is 1. The molecule has 0 spiro atoms. The lowest BCUT2D eigenvalue weighted by Crippen LogP contribution is -2.39. The molecule has 1 heterocycles. The van der Waals surface area contributed by atoms with Gasteiger partial charge in [-0.25, -0.2) is 0 Å². The standard InChI is InChI=1S/C15H18N4O5S.H2O4S/c1-3-19-14(20)12(8-25(22,23)24)9(2)13(15(19)21)18-17-11-6-4-5-10(16)7-11;1-5(2,3)4/h4-9,21H,3,16H2,1-2H3,(H,22,23,24);(H2,1,2,3,4).